The normalized spacial score (nSPS) is 11.2. The highest BCUT2D eigenvalue weighted by atomic mass is 79.9. The fourth-order valence-corrected chi connectivity index (χ4v) is 2.85. The number of rotatable bonds is 2. The van der Waals surface area contributed by atoms with Crippen LogP contribution in [-0.2, 0) is 5.88 Å². The number of imidazole rings is 1. The van der Waals surface area contributed by atoms with Gasteiger partial charge in [0.1, 0.15) is 17.2 Å². The van der Waals surface area contributed by atoms with Gasteiger partial charge in [-0.05, 0) is 40.2 Å². The van der Waals surface area contributed by atoms with Crippen molar-refractivity contribution >= 4 is 50.3 Å². The third-order valence-electron chi connectivity index (χ3n) is 2.80. The molecule has 3 aromatic rings. The lowest BCUT2D eigenvalue weighted by atomic mass is 10.3. The number of benzene rings is 1. The van der Waals surface area contributed by atoms with Crippen molar-refractivity contribution in [2.75, 3.05) is 0 Å². The van der Waals surface area contributed by atoms with Gasteiger partial charge < -0.3 is 0 Å². The molecule has 0 atom stereocenters. The largest absolute Gasteiger partial charge is 0.279 e. The highest BCUT2D eigenvalue weighted by molar-refractivity contribution is 9.10. The summed E-state index contributed by atoms with van der Waals surface area (Å²) in [7, 11) is 0. The van der Waals surface area contributed by atoms with Gasteiger partial charge in [-0.3, -0.25) is 4.57 Å². The Labute approximate surface area is 132 Å². The number of halogens is 4. The number of hydrogen-bond acceptors (Lipinski definition) is 2. The van der Waals surface area contributed by atoms with Crippen molar-refractivity contribution in [2.24, 2.45) is 0 Å². The molecule has 0 amide bonds. The molecule has 3 nitrogen and oxygen atoms in total. The quantitative estimate of drug-likeness (QED) is 0.608. The van der Waals surface area contributed by atoms with Crippen molar-refractivity contribution in [3.63, 3.8) is 0 Å². The highest BCUT2D eigenvalue weighted by Crippen LogP contribution is 2.28. The number of aromatic nitrogens is 3. The summed E-state index contributed by atoms with van der Waals surface area (Å²) in [5.41, 5.74) is 1.99. The van der Waals surface area contributed by atoms with Crippen molar-refractivity contribution in [3.05, 3.63) is 51.6 Å². The molecular formula is C13H7BrCl2FN3. The SMILES string of the molecule is Fc1ccc(-n2c(CCl)nc3cc(Cl)cnc32)c(Br)c1. The fourth-order valence-electron chi connectivity index (χ4n) is 1.99. The topological polar surface area (TPSA) is 30.7 Å². The lowest BCUT2D eigenvalue weighted by Gasteiger charge is -2.09. The van der Waals surface area contributed by atoms with E-state index in [1.807, 2.05) is 0 Å². The van der Waals surface area contributed by atoms with Crippen LogP contribution in [0.25, 0.3) is 16.9 Å². The summed E-state index contributed by atoms with van der Waals surface area (Å²) >= 11 is 15.2. The second-order valence-electron chi connectivity index (χ2n) is 4.09. The van der Waals surface area contributed by atoms with Crippen LogP contribution in [0.15, 0.2) is 34.9 Å². The van der Waals surface area contributed by atoms with Crippen LogP contribution < -0.4 is 0 Å². The maximum atomic E-state index is 13.2. The Kier molecular flexibility index (Phi) is 3.67. The molecule has 1 aromatic carbocycles. The molecule has 0 aliphatic rings. The molecule has 0 bridgehead atoms. The third-order valence-corrected chi connectivity index (χ3v) is 3.88. The van der Waals surface area contributed by atoms with Crippen LogP contribution in [0.5, 0.6) is 0 Å². The van der Waals surface area contributed by atoms with E-state index >= 15 is 0 Å². The molecule has 0 aliphatic carbocycles. The van der Waals surface area contributed by atoms with Crippen LogP contribution in [0, 0.1) is 5.82 Å². The molecule has 0 unspecified atom stereocenters. The average Bonchev–Trinajstić information content (AvgIpc) is 2.76. The highest BCUT2D eigenvalue weighted by Gasteiger charge is 2.15. The van der Waals surface area contributed by atoms with Gasteiger partial charge in [-0.25, -0.2) is 14.4 Å². The standard InChI is InChI=1S/C13H7BrCl2FN3/c14-9-4-8(17)1-2-11(9)20-12(5-15)19-10-3-7(16)6-18-13(10)20/h1-4,6H,5H2. The first kappa shape index (κ1) is 13.8. The number of nitrogens with zero attached hydrogens (tertiary/aromatic N) is 3. The van der Waals surface area contributed by atoms with Crippen molar-refractivity contribution in [3.8, 4) is 5.69 Å². The Balaban J connectivity index is 2.34. The minimum absolute atomic E-state index is 0.206. The molecule has 0 N–H and O–H groups in total. The Morgan fingerprint density at radius 2 is 2.10 bits per heavy atom. The summed E-state index contributed by atoms with van der Waals surface area (Å²) in [6, 6.07) is 6.12. The first-order valence-corrected chi connectivity index (χ1v) is 7.35. The molecule has 0 saturated heterocycles. The van der Waals surface area contributed by atoms with Gasteiger partial charge in [-0.1, -0.05) is 11.6 Å². The number of alkyl halides is 1. The minimum atomic E-state index is -0.325. The van der Waals surface area contributed by atoms with E-state index in [2.05, 4.69) is 25.9 Å². The molecule has 0 aliphatic heterocycles. The van der Waals surface area contributed by atoms with Crippen molar-refractivity contribution < 1.29 is 4.39 Å². The lowest BCUT2D eigenvalue weighted by molar-refractivity contribution is 0.626. The molecule has 7 heteroatoms. The summed E-state index contributed by atoms with van der Waals surface area (Å²) < 4.78 is 15.6. The first-order chi connectivity index (χ1) is 9.60. The zero-order chi connectivity index (χ0) is 14.3. The Bertz CT molecular complexity index is 804. The smallest absolute Gasteiger partial charge is 0.164 e. The van der Waals surface area contributed by atoms with E-state index in [4.69, 9.17) is 23.2 Å². The van der Waals surface area contributed by atoms with Gasteiger partial charge in [-0.15, -0.1) is 11.6 Å². The summed E-state index contributed by atoms with van der Waals surface area (Å²) in [5, 5.41) is 0.501. The van der Waals surface area contributed by atoms with Gasteiger partial charge in [-0.2, -0.15) is 0 Å². The van der Waals surface area contributed by atoms with E-state index in [-0.39, 0.29) is 11.7 Å². The third kappa shape index (κ3) is 2.30. The van der Waals surface area contributed by atoms with Crippen LogP contribution in [0.3, 0.4) is 0 Å². The van der Waals surface area contributed by atoms with Crippen LogP contribution in [0.1, 0.15) is 5.82 Å². The van der Waals surface area contributed by atoms with Crippen LogP contribution in [0.4, 0.5) is 4.39 Å². The van der Waals surface area contributed by atoms with Gasteiger partial charge in [0, 0.05) is 10.7 Å². The van der Waals surface area contributed by atoms with E-state index in [0.29, 0.717) is 26.5 Å². The molecule has 3 rings (SSSR count). The summed E-state index contributed by atoms with van der Waals surface area (Å²) in [4.78, 5) is 8.69. The minimum Gasteiger partial charge on any atom is -0.279 e. The molecular weight excluding hydrogens is 368 g/mol. The summed E-state index contributed by atoms with van der Waals surface area (Å²) in [5.74, 6) is 0.495. The Morgan fingerprint density at radius 3 is 2.80 bits per heavy atom. The predicted octanol–water partition coefficient (Wildman–Crippen LogP) is 4.71. The van der Waals surface area contributed by atoms with Gasteiger partial charge in [0.05, 0.1) is 16.6 Å². The van der Waals surface area contributed by atoms with E-state index in [1.165, 1.54) is 18.3 Å². The zero-order valence-corrected chi connectivity index (χ0v) is 13.0. The number of pyridine rings is 1. The van der Waals surface area contributed by atoms with Gasteiger partial charge in [0.15, 0.2) is 5.65 Å². The molecule has 0 saturated carbocycles. The van der Waals surface area contributed by atoms with Gasteiger partial charge in [0.2, 0.25) is 0 Å². The monoisotopic (exact) mass is 373 g/mol. The van der Waals surface area contributed by atoms with Crippen LogP contribution in [0.2, 0.25) is 5.02 Å². The summed E-state index contributed by atoms with van der Waals surface area (Å²) in [6.45, 7) is 0. The fraction of sp³-hybridized carbons (Fsp3) is 0.0769. The number of hydrogen-bond donors (Lipinski definition) is 0. The van der Waals surface area contributed by atoms with Crippen LogP contribution in [-0.4, -0.2) is 14.5 Å². The lowest BCUT2D eigenvalue weighted by Crippen LogP contribution is -2.01. The second-order valence-corrected chi connectivity index (χ2v) is 5.65. The van der Waals surface area contributed by atoms with Crippen molar-refractivity contribution in [1.29, 1.82) is 0 Å². The van der Waals surface area contributed by atoms with Crippen LogP contribution >= 0.6 is 39.1 Å². The summed E-state index contributed by atoms with van der Waals surface area (Å²) in [6.07, 6.45) is 1.54. The number of fused-ring (bicyclic) bond motifs is 1. The Morgan fingerprint density at radius 1 is 1.30 bits per heavy atom. The maximum absolute atomic E-state index is 13.2. The molecule has 20 heavy (non-hydrogen) atoms. The maximum Gasteiger partial charge on any atom is 0.164 e. The molecule has 0 fully saturated rings. The van der Waals surface area contributed by atoms with E-state index < -0.39 is 0 Å². The van der Waals surface area contributed by atoms with E-state index in [9.17, 15) is 4.39 Å². The zero-order valence-electron chi connectivity index (χ0n) is 9.95. The molecule has 0 spiro atoms. The average molecular weight is 375 g/mol. The van der Waals surface area contributed by atoms with E-state index in [1.54, 1.807) is 16.7 Å². The van der Waals surface area contributed by atoms with Crippen molar-refractivity contribution in [2.45, 2.75) is 5.88 Å². The van der Waals surface area contributed by atoms with E-state index in [0.717, 1.165) is 5.69 Å². The Hall–Kier alpha value is -1.17. The molecule has 0 radical (unpaired) electrons. The first-order valence-electron chi connectivity index (χ1n) is 5.64. The second kappa shape index (κ2) is 5.31. The predicted molar refractivity (Wildman–Crippen MR) is 81.1 cm³/mol. The van der Waals surface area contributed by atoms with Gasteiger partial charge >= 0.3 is 0 Å². The molecule has 102 valence electrons. The van der Waals surface area contributed by atoms with Crippen molar-refractivity contribution in [1.82, 2.24) is 14.5 Å². The molecule has 2 heterocycles. The molecule has 2 aromatic heterocycles. The van der Waals surface area contributed by atoms with Gasteiger partial charge in [0.25, 0.3) is 0 Å².